The van der Waals surface area contributed by atoms with Crippen LogP contribution in [0.15, 0.2) is 47.5 Å². The highest BCUT2D eigenvalue weighted by atomic mass is 16.6. The highest BCUT2D eigenvalue weighted by Crippen LogP contribution is 2.23. The Balaban J connectivity index is 2.09. The highest BCUT2D eigenvalue weighted by Gasteiger charge is 2.08. The number of phenolic OH excluding ortho intramolecular Hbond substituents is 1. The van der Waals surface area contributed by atoms with Crippen LogP contribution in [-0.4, -0.2) is 16.2 Å². The monoisotopic (exact) mass is 298 g/mol. The molecule has 1 N–H and O–H groups in total. The standard InChI is InChI=1S/C17H18N2O3/c1-2-3-4-13-5-8-15(9-6-13)18-12-14-7-10-16(19(21)22)11-17(14)20/h5-12,20H,2-4H2,1H3. The van der Waals surface area contributed by atoms with Crippen LogP contribution in [0.3, 0.4) is 0 Å². The highest BCUT2D eigenvalue weighted by molar-refractivity contribution is 5.85. The predicted molar refractivity (Wildman–Crippen MR) is 87.1 cm³/mol. The first kappa shape index (κ1) is 15.7. The van der Waals surface area contributed by atoms with Gasteiger partial charge in [-0.05, 0) is 36.6 Å². The fraction of sp³-hybridized carbons (Fsp3) is 0.235. The quantitative estimate of drug-likeness (QED) is 0.488. The zero-order valence-corrected chi connectivity index (χ0v) is 12.4. The first-order chi connectivity index (χ1) is 10.6. The minimum Gasteiger partial charge on any atom is -0.507 e. The number of aromatic hydroxyl groups is 1. The van der Waals surface area contributed by atoms with Crippen molar-refractivity contribution in [2.24, 2.45) is 4.99 Å². The van der Waals surface area contributed by atoms with E-state index in [1.165, 1.54) is 36.8 Å². The van der Waals surface area contributed by atoms with Gasteiger partial charge < -0.3 is 5.11 Å². The van der Waals surface area contributed by atoms with E-state index in [1.807, 2.05) is 24.3 Å². The summed E-state index contributed by atoms with van der Waals surface area (Å²) in [5.74, 6) is -0.155. The number of nitro benzene ring substituents is 1. The van der Waals surface area contributed by atoms with Crippen molar-refractivity contribution in [2.75, 3.05) is 0 Å². The molecular weight excluding hydrogens is 280 g/mol. The summed E-state index contributed by atoms with van der Waals surface area (Å²) in [4.78, 5) is 14.3. The first-order valence-corrected chi connectivity index (χ1v) is 7.20. The van der Waals surface area contributed by atoms with Crippen molar-refractivity contribution in [3.63, 3.8) is 0 Å². The molecule has 0 heterocycles. The van der Waals surface area contributed by atoms with Gasteiger partial charge in [0.2, 0.25) is 0 Å². The lowest BCUT2D eigenvalue weighted by atomic mass is 10.1. The molecule has 0 saturated carbocycles. The summed E-state index contributed by atoms with van der Waals surface area (Å²) in [6.07, 6.45) is 4.89. The maximum absolute atomic E-state index is 10.6. The lowest BCUT2D eigenvalue weighted by Crippen LogP contribution is -1.89. The molecule has 114 valence electrons. The summed E-state index contributed by atoms with van der Waals surface area (Å²) in [7, 11) is 0. The molecule has 0 aliphatic rings. The summed E-state index contributed by atoms with van der Waals surface area (Å²) in [6.45, 7) is 2.16. The van der Waals surface area contributed by atoms with Crippen LogP contribution in [0, 0.1) is 10.1 Å². The number of aliphatic imine (C=N–C) groups is 1. The van der Waals surface area contributed by atoms with Gasteiger partial charge in [0, 0.05) is 17.8 Å². The molecule has 0 radical (unpaired) electrons. The summed E-state index contributed by atoms with van der Waals surface area (Å²) in [5.41, 5.74) is 2.35. The van der Waals surface area contributed by atoms with E-state index >= 15 is 0 Å². The number of nitrogens with zero attached hydrogens (tertiary/aromatic N) is 2. The SMILES string of the molecule is CCCCc1ccc(N=Cc2ccc([N+](=O)[O-])cc2O)cc1. The summed E-state index contributed by atoms with van der Waals surface area (Å²) in [6, 6.07) is 11.9. The van der Waals surface area contributed by atoms with E-state index in [2.05, 4.69) is 11.9 Å². The van der Waals surface area contributed by atoms with E-state index in [-0.39, 0.29) is 11.4 Å². The number of nitro groups is 1. The molecule has 0 fully saturated rings. The van der Waals surface area contributed by atoms with E-state index in [0.717, 1.165) is 18.2 Å². The van der Waals surface area contributed by atoms with Crippen molar-refractivity contribution >= 4 is 17.6 Å². The molecule has 0 bridgehead atoms. The van der Waals surface area contributed by atoms with Crippen LogP contribution >= 0.6 is 0 Å². The average molecular weight is 298 g/mol. The summed E-state index contributed by atoms with van der Waals surface area (Å²) >= 11 is 0. The summed E-state index contributed by atoms with van der Waals surface area (Å²) in [5, 5.41) is 20.4. The molecule has 2 aromatic rings. The van der Waals surface area contributed by atoms with Crippen LogP contribution in [0.4, 0.5) is 11.4 Å². The molecule has 2 rings (SSSR count). The maximum atomic E-state index is 10.6. The zero-order chi connectivity index (χ0) is 15.9. The van der Waals surface area contributed by atoms with Crippen molar-refractivity contribution in [2.45, 2.75) is 26.2 Å². The van der Waals surface area contributed by atoms with E-state index < -0.39 is 4.92 Å². The summed E-state index contributed by atoms with van der Waals surface area (Å²) < 4.78 is 0. The number of benzene rings is 2. The Hall–Kier alpha value is -2.69. The molecule has 0 aromatic heterocycles. The van der Waals surface area contributed by atoms with Crippen molar-refractivity contribution < 1.29 is 10.0 Å². The van der Waals surface area contributed by atoms with Gasteiger partial charge in [0.1, 0.15) is 5.75 Å². The van der Waals surface area contributed by atoms with Gasteiger partial charge >= 0.3 is 0 Å². The van der Waals surface area contributed by atoms with Crippen molar-refractivity contribution in [1.82, 2.24) is 0 Å². The Morgan fingerprint density at radius 2 is 1.95 bits per heavy atom. The van der Waals surface area contributed by atoms with Gasteiger partial charge in [0.25, 0.3) is 5.69 Å². The van der Waals surface area contributed by atoms with E-state index in [1.54, 1.807) is 0 Å². The Labute approximate surface area is 129 Å². The topological polar surface area (TPSA) is 75.7 Å². The van der Waals surface area contributed by atoms with Gasteiger partial charge in [-0.1, -0.05) is 25.5 Å². The molecule has 5 nitrogen and oxygen atoms in total. The van der Waals surface area contributed by atoms with Crippen molar-refractivity contribution in [3.8, 4) is 5.75 Å². The lowest BCUT2D eigenvalue weighted by Gasteiger charge is -2.01. The molecule has 0 spiro atoms. The average Bonchev–Trinajstić information content (AvgIpc) is 2.52. The smallest absolute Gasteiger partial charge is 0.273 e. The van der Waals surface area contributed by atoms with Crippen LogP contribution < -0.4 is 0 Å². The first-order valence-electron chi connectivity index (χ1n) is 7.20. The minimum atomic E-state index is -0.546. The van der Waals surface area contributed by atoms with E-state index in [4.69, 9.17) is 0 Å². The van der Waals surface area contributed by atoms with Crippen LogP contribution in [0.25, 0.3) is 0 Å². The number of unbranched alkanes of at least 4 members (excludes halogenated alkanes) is 1. The second kappa shape index (κ2) is 7.36. The second-order valence-electron chi connectivity index (χ2n) is 5.03. The molecule has 5 heteroatoms. The van der Waals surface area contributed by atoms with Crippen molar-refractivity contribution in [3.05, 3.63) is 63.7 Å². The fourth-order valence-corrected chi connectivity index (χ4v) is 2.03. The molecule has 0 aliphatic carbocycles. The number of hydrogen-bond acceptors (Lipinski definition) is 4. The van der Waals surface area contributed by atoms with Gasteiger partial charge in [0.15, 0.2) is 0 Å². The third-order valence-electron chi connectivity index (χ3n) is 3.33. The van der Waals surface area contributed by atoms with Gasteiger partial charge in [0.05, 0.1) is 16.7 Å². The molecule has 0 atom stereocenters. The number of hydrogen-bond donors (Lipinski definition) is 1. The molecule has 0 amide bonds. The van der Waals surface area contributed by atoms with Crippen LogP contribution in [0.1, 0.15) is 30.9 Å². The van der Waals surface area contributed by atoms with Gasteiger partial charge in [-0.25, -0.2) is 0 Å². The predicted octanol–water partition coefficient (Wildman–Crippen LogP) is 4.39. The number of non-ortho nitro benzene ring substituents is 1. The Morgan fingerprint density at radius 1 is 1.23 bits per heavy atom. The number of aryl methyl sites for hydroxylation is 1. The van der Waals surface area contributed by atoms with Gasteiger partial charge in [-0.2, -0.15) is 0 Å². The second-order valence-corrected chi connectivity index (χ2v) is 5.03. The lowest BCUT2D eigenvalue weighted by molar-refractivity contribution is -0.384. The third-order valence-corrected chi connectivity index (χ3v) is 3.33. The largest absolute Gasteiger partial charge is 0.507 e. The third kappa shape index (κ3) is 4.15. The normalized spacial score (nSPS) is 11.0. The van der Waals surface area contributed by atoms with Crippen LogP contribution in [-0.2, 0) is 6.42 Å². The van der Waals surface area contributed by atoms with E-state index in [9.17, 15) is 15.2 Å². The Kier molecular flexibility index (Phi) is 5.25. The maximum Gasteiger partial charge on any atom is 0.273 e. The van der Waals surface area contributed by atoms with Crippen molar-refractivity contribution in [1.29, 1.82) is 0 Å². The van der Waals surface area contributed by atoms with Gasteiger partial charge in [-0.15, -0.1) is 0 Å². The number of rotatable bonds is 6. The molecule has 0 saturated heterocycles. The zero-order valence-electron chi connectivity index (χ0n) is 12.4. The minimum absolute atomic E-state index is 0.144. The van der Waals surface area contributed by atoms with Crippen LogP contribution in [0.2, 0.25) is 0 Å². The molecule has 0 unspecified atom stereocenters. The molecule has 22 heavy (non-hydrogen) atoms. The van der Waals surface area contributed by atoms with Gasteiger partial charge in [-0.3, -0.25) is 15.1 Å². The molecule has 0 aliphatic heterocycles. The number of phenols is 1. The Morgan fingerprint density at radius 3 is 2.55 bits per heavy atom. The fourth-order valence-electron chi connectivity index (χ4n) is 2.03. The molecular formula is C17H18N2O3. The molecule has 2 aromatic carbocycles. The van der Waals surface area contributed by atoms with Crippen LogP contribution in [0.5, 0.6) is 5.75 Å². The van der Waals surface area contributed by atoms with E-state index in [0.29, 0.717) is 5.56 Å². The Bertz CT molecular complexity index is 679.